The molecule has 0 amide bonds. The summed E-state index contributed by atoms with van der Waals surface area (Å²) < 4.78 is 11.4. The summed E-state index contributed by atoms with van der Waals surface area (Å²) in [6, 6.07) is 0. The highest BCUT2D eigenvalue weighted by molar-refractivity contribution is 14.1. The van der Waals surface area contributed by atoms with E-state index in [0.29, 0.717) is 13.2 Å². The van der Waals surface area contributed by atoms with Crippen LogP contribution >= 0.6 is 45.2 Å². The molecule has 60 valence electrons. The molecule has 0 spiro atoms. The Labute approximate surface area is 88.3 Å². The zero-order chi connectivity index (χ0) is 7.82. The molecule has 0 bridgehead atoms. The second kappa shape index (κ2) is 8.50. The van der Waals surface area contributed by atoms with Crippen LogP contribution in [0, 0.1) is 0 Å². The van der Waals surface area contributed by atoms with Crippen LogP contribution in [0.15, 0.2) is 0 Å². The third-order valence-electron chi connectivity index (χ3n) is 0.675. The summed E-state index contributed by atoms with van der Waals surface area (Å²) in [4.78, 5) is 0. The number of hydrogen-bond donors (Lipinski definition) is 1. The van der Waals surface area contributed by atoms with Gasteiger partial charge in [0.05, 0.1) is 0 Å². The second-order valence-corrected chi connectivity index (χ2v) is 3.58. The van der Waals surface area contributed by atoms with Gasteiger partial charge in [-0.2, -0.15) is 0 Å². The Morgan fingerprint density at radius 2 is 1.50 bits per heavy atom. The van der Waals surface area contributed by atoms with Crippen molar-refractivity contribution in [1.82, 2.24) is 0 Å². The Hall–Kier alpha value is 1.40. The molecule has 1 N–H and O–H groups in total. The number of hydrogen-bond acceptors (Lipinski definition) is 3. The molecule has 0 atom stereocenters. The number of rotatable bonds is 6. The van der Waals surface area contributed by atoms with Crippen LogP contribution < -0.4 is 0 Å². The van der Waals surface area contributed by atoms with Gasteiger partial charge in [0.1, 0.15) is 0 Å². The SMILES string of the molecule is OB(OCCI)OCCI. The third kappa shape index (κ3) is 7.51. The molecule has 0 rings (SSSR count). The van der Waals surface area contributed by atoms with Crippen molar-refractivity contribution in [1.29, 1.82) is 0 Å². The largest absolute Gasteiger partial charge is 0.636 e. The Balaban J connectivity index is 3.00. The fourth-order valence-electron chi connectivity index (χ4n) is 0.339. The fraction of sp³-hybridized carbons (Fsp3) is 1.00. The molecule has 0 aliphatic carbocycles. The molecule has 0 aliphatic rings. The monoisotopic (exact) mass is 370 g/mol. The first-order valence-electron chi connectivity index (χ1n) is 2.84. The molecule has 0 fully saturated rings. The van der Waals surface area contributed by atoms with Crippen LogP contribution in [0.3, 0.4) is 0 Å². The first-order valence-corrected chi connectivity index (χ1v) is 5.89. The highest BCUT2D eigenvalue weighted by Crippen LogP contribution is 1.89. The van der Waals surface area contributed by atoms with Crippen LogP contribution in [0.5, 0.6) is 0 Å². The van der Waals surface area contributed by atoms with Crippen LogP contribution in [-0.2, 0) is 9.31 Å². The van der Waals surface area contributed by atoms with E-state index in [1.807, 2.05) is 0 Å². The minimum atomic E-state index is -1.04. The highest BCUT2D eigenvalue weighted by Gasteiger charge is 2.13. The van der Waals surface area contributed by atoms with Crippen molar-refractivity contribution in [2.24, 2.45) is 0 Å². The van der Waals surface area contributed by atoms with Crippen LogP contribution in [-0.4, -0.2) is 34.4 Å². The predicted molar refractivity (Wildman–Crippen MR) is 57.7 cm³/mol. The van der Waals surface area contributed by atoms with E-state index in [4.69, 9.17) is 14.3 Å². The van der Waals surface area contributed by atoms with Gasteiger partial charge in [0, 0.05) is 22.1 Å². The maximum absolute atomic E-state index is 8.86. The van der Waals surface area contributed by atoms with E-state index < -0.39 is 7.32 Å². The van der Waals surface area contributed by atoms with E-state index in [9.17, 15) is 0 Å². The number of alkyl halides is 2. The van der Waals surface area contributed by atoms with Crippen molar-refractivity contribution in [3.8, 4) is 0 Å². The van der Waals surface area contributed by atoms with E-state index in [1.165, 1.54) is 0 Å². The maximum Gasteiger partial charge on any atom is 0.636 e. The van der Waals surface area contributed by atoms with Crippen molar-refractivity contribution in [3.63, 3.8) is 0 Å². The molecule has 0 unspecified atom stereocenters. The van der Waals surface area contributed by atoms with E-state index in [2.05, 4.69) is 45.2 Å². The number of halogens is 2. The van der Waals surface area contributed by atoms with E-state index in [-0.39, 0.29) is 0 Å². The lowest BCUT2D eigenvalue weighted by atomic mass is 10.2. The van der Waals surface area contributed by atoms with Gasteiger partial charge in [0.15, 0.2) is 0 Å². The van der Waals surface area contributed by atoms with Gasteiger partial charge in [-0.25, -0.2) is 0 Å². The highest BCUT2D eigenvalue weighted by atomic mass is 127. The molecule has 0 radical (unpaired) electrons. The Kier molecular flexibility index (Phi) is 9.70. The minimum Gasteiger partial charge on any atom is -0.402 e. The fourth-order valence-corrected chi connectivity index (χ4v) is 0.847. The van der Waals surface area contributed by atoms with Crippen molar-refractivity contribution in [2.75, 3.05) is 22.1 Å². The van der Waals surface area contributed by atoms with E-state index in [0.717, 1.165) is 8.86 Å². The van der Waals surface area contributed by atoms with Gasteiger partial charge >= 0.3 is 7.32 Å². The lowest BCUT2D eigenvalue weighted by Gasteiger charge is -2.04. The molecule has 0 heterocycles. The summed E-state index contributed by atoms with van der Waals surface area (Å²) in [5.41, 5.74) is 0. The zero-order valence-electron chi connectivity index (χ0n) is 5.43. The van der Waals surface area contributed by atoms with Gasteiger partial charge < -0.3 is 14.3 Å². The average Bonchev–Trinajstić information content (AvgIpc) is 1.97. The third-order valence-corrected chi connectivity index (χ3v) is 1.56. The summed E-state index contributed by atoms with van der Waals surface area (Å²) in [7, 11) is -1.04. The van der Waals surface area contributed by atoms with Crippen molar-refractivity contribution < 1.29 is 14.3 Å². The summed E-state index contributed by atoms with van der Waals surface area (Å²) in [5.74, 6) is 0. The summed E-state index contributed by atoms with van der Waals surface area (Å²) in [5, 5.41) is 8.86. The summed E-state index contributed by atoms with van der Waals surface area (Å²) >= 11 is 4.33. The smallest absolute Gasteiger partial charge is 0.402 e. The summed E-state index contributed by atoms with van der Waals surface area (Å²) in [6.07, 6.45) is 0. The van der Waals surface area contributed by atoms with Crippen LogP contribution in [0.4, 0.5) is 0 Å². The van der Waals surface area contributed by atoms with Gasteiger partial charge in [-0.1, -0.05) is 45.2 Å². The molecular formula is C4H9BI2O3. The molecule has 6 heteroatoms. The van der Waals surface area contributed by atoms with Gasteiger partial charge in [-0.15, -0.1) is 0 Å². The predicted octanol–water partition coefficient (Wildman–Crippen LogP) is 0.867. The Bertz CT molecular complexity index is 67.5. The molecule has 0 saturated heterocycles. The van der Waals surface area contributed by atoms with Crippen LogP contribution in [0.1, 0.15) is 0 Å². The Morgan fingerprint density at radius 1 is 1.10 bits per heavy atom. The Morgan fingerprint density at radius 3 is 1.80 bits per heavy atom. The van der Waals surface area contributed by atoms with Crippen molar-refractivity contribution in [2.45, 2.75) is 0 Å². The van der Waals surface area contributed by atoms with Gasteiger partial charge in [0.25, 0.3) is 0 Å². The second-order valence-electron chi connectivity index (χ2n) is 1.43. The van der Waals surface area contributed by atoms with Crippen molar-refractivity contribution >= 4 is 52.5 Å². The van der Waals surface area contributed by atoms with Crippen LogP contribution in [0.25, 0.3) is 0 Å². The molecule has 0 saturated carbocycles. The molecule has 0 aliphatic heterocycles. The average molecular weight is 370 g/mol. The van der Waals surface area contributed by atoms with E-state index >= 15 is 0 Å². The molecule has 3 nitrogen and oxygen atoms in total. The first-order chi connectivity index (χ1) is 4.81. The maximum atomic E-state index is 8.86. The summed E-state index contributed by atoms with van der Waals surface area (Å²) in [6.45, 7) is 1.06. The van der Waals surface area contributed by atoms with Crippen LogP contribution in [0.2, 0.25) is 0 Å². The first kappa shape index (κ1) is 11.4. The standard InChI is InChI=1S/C4H9BI2O3/c6-1-3-9-5(8)10-4-2-7/h8H,1-4H2. The quantitative estimate of drug-likeness (QED) is 0.429. The van der Waals surface area contributed by atoms with Gasteiger partial charge in [0.2, 0.25) is 0 Å². The minimum absolute atomic E-state index is 0.531. The molecule has 0 aromatic heterocycles. The molecule has 0 aromatic carbocycles. The topological polar surface area (TPSA) is 38.7 Å². The van der Waals surface area contributed by atoms with E-state index in [1.54, 1.807) is 0 Å². The normalized spacial score (nSPS) is 9.90. The van der Waals surface area contributed by atoms with Crippen molar-refractivity contribution in [3.05, 3.63) is 0 Å². The lowest BCUT2D eigenvalue weighted by molar-refractivity contribution is 0.149. The van der Waals surface area contributed by atoms with Gasteiger partial charge in [-0.3, -0.25) is 0 Å². The molecular weight excluding hydrogens is 361 g/mol. The molecule has 10 heavy (non-hydrogen) atoms. The molecule has 0 aromatic rings. The zero-order valence-corrected chi connectivity index (χ0v) is 9.74. The lowest BCUT2D eigenvalue weighted by Crippen LogP contribution is -2.24. The van der Waals surface area contributed by atoms with Gasteiger partial charge in [-0.05, 0) is 0 Å².